The van der Waals surface area contributed by atoms with Crippen LogP contribution in [0, 0.1) is 0 Å². The zero-order valence-electron chi connectivity index (χ0n) is 11.7. The van der Waals surface area contributed by atoms with Crippen molar-refractivity contribution in [1.82, 2.24) is 0 Å². The van der Waals surface area contributed by atoms with Crippen molar-refractivity contribution in [2.45, 2.75) is 31.6 Å². The summed E-state index contributed by atoms with van der Waals surface area (Å²) in [5.74, 6) is 0. The van der Waals surface area contributed by atoms with Crippen molar-refractivity contribution in [1.29, 1.82) is 0 Å². The van der Waals surface area contributed by atoms with Crippen molar-refractivity contribution in [3.05, 3.63) is 18.2 Å². The van der Waals surface area contributed by atoms with E-state index in [1.54, 1.807) is 0 Å². The summed E-state index contributed by atoms with van der Waals surface area (Å²) < 4.78 is 0. The Morgan fingerprint density at radius 3 is 2.79 bits per heavy atom. The van der Waals surface area contributed by atoms with Gasteiger partial charge in [-0.25, -0.2) is 0 Å². The molecule has 0 atom stereocenters. The Bertz CT molecular complexity index is 492. The number of benzene rings is 1. The number of hydrogen-bond acceptors (Lipinski definition) is 4. The molecular weight excluding hydrogens is 254 g/mol. The average molecular weight is 275 g/mol. The fourth-order valence-corrected chi connectivity index (χ4v) is 3.86. The van der Waals surface area contributed by atoms with Gasteiger partial charge in [-0.3, -0.25) is 4.99 Å². The molecule has 0 aliphatic carbocycles. The molecule has 1 aromatic carbocycles. The Kier molecular flexibility index (Phi) is 3.69. The Morgan fingerprint density at radius 2 is 2.05 bits per heavy atom. The van der Waals surface area contributed by atoms with Crippen LogP contribution in [0.1, 0.15) is 26.7 Å². The van der Waals surface area contributed by atoms with Gasteiger partial charge >= 0.3 is 0 Å². The maximum atomic E-state index is 4.55. The normalized spacial score (nSPS) is 16.3. The summed E-state index contributed by atoms with van der Waals surface area (Å²) in [5, 5.41) is 1.18. The summed E-state index contributed by atoms with van der Waals surface area (Å²) in [6.45, 7) is 8.76. The molecule has 3 nitrogen and oxygen atoms in total. The lowest BCUT2D eigenvalue weighted by molar-refractivity contribution is 0.744. The molecule has 2 heterocycles. The highest BCUT2D eigenvalue weighted by atomic mass is 32.2. The second kappa shape index (κ2) is 5.45. The molecule has 0 radical (unpaired) electrons. The van der Waals surface area contributed by atoms with Gasteiger partial charge in [0.1, 0.15) is 0 Å². The summed E-state index contributed by atoms with van der Waals surface area (Å²) >= 11 is 1.82. The average Bonchev–Trinajstić information content (AvgIpc) is 2.98. The van der Waals surface area contributed by atoms with Gasteiger partial charge < -0.3 is 9.80 Å². The first-order chi connectivity index (χ1) is 9.33. The molecule has 0 spiro atoms. The van der Waals surface area contributed by atoms with Gasteiger partial charge in [-0.1, -0.05) is 13.8 Å². The van der Waals surface area contributed by atoms with Crippen molar-refractivity contribution in [3.8, 4) is 0 Å². The number of nitrogens with zero attached hydrogens (tertiary/aromatic N) is 3. The molecule has 0 amide bonds. The maximum Gasteiger partial charge on any atom is 0.168 e. The van der Waals surface area contributed by atoms with E-state index in [2.05, 4.69) is 46.8 Å². The van der Waals surface area contributed by atoms with Crippen LogP contribution in [-0.2, 0) is 0 Å². The molecular formula is C15H21N3S. The number of anilines is 2. The molecule has 0 saturated carbocycles. The van der Waals surface area contributed by atoms with Gasteiger partial charge in [-0.2, -0.15) is 0 Å². The highest BCUT2D eigenvalue weighted by Gasteiger charge is 2.29. The minimum atomic E-state index is 0.946. The number of hydrogen-bond donors (Lipinski definition) is 0. The fourth-order valence-electron chi connectivity index (χ4n) is 2.75. The molecule has 3 rings (SSSR count). The Morgan fingerprint density at radius 1 is 1.26 bits per heavy atom. The SMILES string of the molecule is CCCN(CCC)c1ccc2c(c1)SC1=NCCN12. The molecule has 0 saturated heterocycles. The maximum absolute atomic E-state index is 4.55. The smallest absolute Gasteiger partial charge is 0.168 e. The first-order valence-corrected chi connectivity index (χ1v) is 8.04. The third-order valence-electron chi connectivity index (χ3n) is 3.59. The van der Waals surface area contributed by atoms with Gasteiger partial charge in [0, 0.05) is 30.2 Å². The van der Waals surface area contributed by atoms with E-state index >= 15 is 0 Å². The molecule has 0 fully saturated rings. The van der Waals surface area contributed by atoms with Crippen LogP contribution in [0.4, 0.5) is 11.4 Å². The molecule has 0 bridgehead atoms. The lowest BCUT2D eigenvalue weighted by Gasteiger charge is -2.24. The van der Waals surface area contributed by atoms with E-state index in [1.165, 1.54) is 34.3 Å². The zero-order chi connectivity index (χ0) is 13.2. The van der Waals surface area contributed by atoms with Gasteiger partial charge in [0.2, 0.25) is 0 Å². The van der Waals surface area contributed by atoms with Gasteiger partial charge in [0.15, 0.2) is 5.17 Å². The van der Waals surface area contributed by atoms with Crippen LogP contribution >= 0.6 is 11.8 Å². The standard InChI is InChI=1S/C15H21N3S/c1-3-8-17(9-4-2)12-5-6-13-14(11-12)19-15-16-7-10-18(13)15/h5-6,11H,3-4,7-10H2,1-2H3. The van der Waals surface area contributed by atoms with E-state index in [4.69, 9.17) is 0 Å². The van der Waals surface area contributed by atoms with Crippen LogP contribution in [0.15, 0.2) is 28.1 Å². The second-order valence-electron chi connectivity index (χ2n) is 5.06. The van der Waals surface area contributed by atoms with Crippen molar-refractivity contribution < 1.29 is 0 Å². The molecule has 4 heteroatoms. The third-order valence-corrected chi connectivity index (χ3v) is 4.67. The van der Waals surface area contributed by atoms with Crippen molar-refractivity contribution in [3.63, 3.8) is 0 Å². The minimum absolute atomic E-state index is 0.946. The van der Waals surface area contributed by atoms with Crippen molar-refractivity contribution in [2.75, 3.05) is 36.0 Å². The summed E-state index contributed by atoms with van der Waals surface area (Å²) in [7, 11) is 0. The van der Waals surface area contributed by atoms with E-state index in [-0.39, 0.29) is 0 Å². The van der Waals surface area contributed by atoms with E-state index in [1.807, 2.05) is 11.8 Å². The number of fused-ring (bicyclic) bond motifs is 3. The largest absolute Gasteiger partial charge is 0.372 e. The molecule has 2 aliphatic rings. The molecule has 0 N–H and O–H groups in total. The summed E-state index contributed by atoms with van der Waals surface area (Å²) in [4.78, 5) is 10.8. The van der Waals surface area contributed by atoms with Crippen LogP contribution in [-0.4, -0.2) is 31.3 Å². The first-order valence-electron chi connectivity index (χ1n) is 7.22. The third kappa shape index (κ3) is 2.34. The highest BCUT2D eigenvalue weighted by molar-refractivity contribution is 8.14. The van der Waals surface area contributed by atoms with Gasteiger partial charge in [-0.15, -0.1) is 0 Å². The summed E-state index contributed by atoms with van der Waals surface area (Å²) in [5.41, 5.74) is 2.70. The molecule has 0 unspecified atom stereocenters. The van der Waals surface area contributed by atoms with Gasteiger partial charge in [0.25, 0.3) is 0 Å². The van der Waals surface area contributed by atoms with Gasteiger partial charge in [-0.05, 0) is 42.8 Å². The number of aliphatic imine (C=N–C) groups is 1. The van der Waals surface area contributed by atoms with E-state index < -0.39 is 0 Å². The Balaban J connectivity index is 1.86. The monoisotopic (exact) mass is 275 g/mol. The first kappa shape index (κ1) is 12.9. The lowest BCUT2D eigenvalue weighted by atomic mass is 10.2. The van der Waals surface area contributed by atoms with Crippen molar-refractivity contribution in [2.24, 2.45) is 4.99 Å². The quantitative estimate of drug-likeness (QED) is 0.818. The summed E-state index contributed by atoms with van der Waals surface area (Å²) in [6.07, 6.45) is 2.39. The zero-order valence-corrected chi connectivity index (χ0v) is 12.5. The number of thioether (sulfide) groups is 1. The van der Waals surface area contributed by atoms with E-state index in [0.29, 0.717) is 0 Å². The lowest BCUT2D eigenvalue weighted by Crippen LogP contribution is -2.25. The minimum Gasteiger partial charge on any atom is -0.372 e. The van der Waals surface area contributed by atoms with E-state index in [9.17, 15) is 0 Å². The van der Waals surface area contributed by atoms with Crippen LogP contribution in [0.3, 0.4) is 0 Å². The van der Waals surface area contributed by atoms with Gasteiger partial charge in [0.05, 0.1) is 12.2 Å². The predicted molar refractivity (Wildman–Crippen MR) is 84.7 cm³/mol. The topological polar surface area (TPSA) is 18.8 Å². The molecule has 2 aliphatic heterocycles. The van der Waals surface area contributed by atoms with Crippen LogP contribution in [0.25, 0.3) is 0 Å². The number of rotatable bonds is 5. The van der Waals surface area contributed by atoms with Crippen LogP contribution in [0.2, 0.25) is 0 Å². The predicted octanol–water partition coefficient (Wildman–Crippen LogP) is 3.59. The van der Waals surface area contributed by atoms with Crippen LogP contribution in [0.5, 0.6) is 0 Å². The molecule has 0 aromatic heterocycles. The number of amidine groups is 1. The van der Waals surface area contributed by atoms with Crippen LogP contribution < -0.4 is 9.80 Å². The highest BCUT2D eigenvalue weighted by Crippen LogP contribution is 2.43. The molecule has 1 aromatic rings. The Hall–Kier alpha value is -1.16. The second-order valence-corrected chi connectivity index (χ2v) is 6.07. The van der Waals surface area contributed by atoms with Crippen molar-refractivity contribution >= 4 is 28.3 Å². The Labute approximate surface area is 119 Å². The molecule has 19 heavy (non-hydrogen) atoms. The fraction of sp³-hybridized carbons (Fsp3) is 0.533. The molecule has 102 valence electrons. The summed E-state index contributed by atoms with van der Waals surface area (Å²) in [6, 6.07) is 6.88. The van der Waals surface area contributed by atoms with E-state index in [0.717, 1.165) is 26.2 Å².